The average molecular weight is 459 g/mol. The standard InChI is InChI=1S/C24H27F2N3O4/c1-24(2,23(30)31)14-28-8-10-29(11-9-28)22-17-6-4-15(21(25)26)12-20(17)33-19-7-5-16(32-3)13-18(19)27-22/h4-7,12-13,21H,8-11,14H2,1-3H3,(H,30,31). The van der Waals surface area contributed by atoms with E-state index in [-0.39, 0.29) is 5.56 Å². The van der Waals surface area contributed by atoms with Crippen LogP contribution in [-0.4, -0.2) is 66.5 Å². The Balaban J connectivity index is 1.66. The van der Waals surface area contributed by atoms with Crippen molar-refractivity contribution in [2.24, 2.45) is 10.4 Å². The minimum atomic E-state index is -2.61. The Morgan fingerprint density at radius 3 is 2.52 bits per heavy atom. The van der Waals surface area contributed by atoms with Crippen molar-refractivity contribution in [1.82, 2.24) is 9.80 Å². The molecule has 0 radical (unpaired) electrons. The van der Waals surface area contributed by atoms with Crippen molar-refractivity contribution < 1.29 is 28.2 Å². The predicted octanol–water partition coefficient (Wildman–Crippen LogP) is 4.55. The number of fused-ring (bicyclic) bond motifs is 2. The maximum atomic E-state index is 13.4. The number of hydrogen-bond donors (Lipinski definition) is 1. The van der Waals surface area contributed by atoms with Gasteiger partial charge in [0, 0.05) is 44.4 Å². The molecule has 1 saturated heterocycles. The molecule has 1 fully saturated rings. The number of hydrogen-bond acceptors (Lipinski definition) is 6. The molecule has 2 heterocycles. The van der Waals surface area contributed by atoms with Gasteiger partial charge in [0.05, 0.1) is 18.1 Å². The van der Waals surface area contributed by atoms with Gasteiger partial charge in [0.15, 0.2) is 5.75 Å². The molecule has 33 heavy (non-hydrogen) atoms. The summed E-state index contributed by atoms with van der Waals surface area (Å²) in [7, 11) is 1.56. The largest absolute Gasteiger partial charge is 0.497 e. The summed E-state index contributed by atoms with van der Waals surface area (Å²) in [5.74, 6) is 1.20. The Bertz CT molecular complexity index is 1080. The van der Waals surface area contributed by atoms with Crippen LogP contribution >= 0.6 is 0 Å². The van der Waals surface area contributed by atoms with E-state index < -0.39 is 17.8 Å². The summed E-state index contributed by atoms with van der Waals surface area (Å²) in [5.41, 5.74) is 0.220. The molecular weight excluding hydrogens is 432 g/mol. The number of carboxylic acids is 1. The van der Waals surface area contributed by atoms with Crippen LogP contribution in [0, 0.1) is 5.41 Å². The van der Waals surface area contributed by atoms with Crippen LogP contribution in [0.15, 0.2) is 41.4 Å². The molecule has 0 atom stereocenters. The van der Waals surface area contributed by atoms with E-state index >= 15 is 0 Å². The maximum Gasteiger partial charge on any atom is 0.310 e. The molecular formula is C24H27F2N3O4. The first-order valence-corrected chi connectivity index (χ1v) is 10.8. The summed E-state index contributed by atoms with van der Waals surface area (Å²) < 4.78 is 38.1. The Morgan fingerprint density at radius 2 is 1.88 bits per heavy atom. The number of rotatable bonds is 5. The number of alkyl halides is 2. The van der Waals surface area contributed by atoms with Crippen molar-refractivity contribution in [3.05, 3.63) is 47.5 Å². The van der Waals surface area contributed by atoms with E-state index in [9.17, 15) is 18.7 Å². The van der Waals surface area contributed by atoms with Crippen molar-refractivity contribution in [2.45, 2.75) is 20.3 Å². The van der Waals surface area contributed by atoms with E-state index in [2.05, 4.69) is 9.80 Å². The van der Waals surface area contributed by atoms with Crippen LogP contribution in [0.2, 0.25) is 0 Å². The quantitative estimate of drug-likeness (QED) is 0.708. The minimum absolute atomic E-state index is 0.120. The zero-order valence-corrected chi connectivity index (χ0v) is 18.8. The van der Waals surface area contributed by atoms with Gasteiger partial charge >= 0.3 is 5.97 Å². The van der Waals surface area contributed by atoms with Crippen LogP contribution in [0.3, 0.4) is 0 Å². The minimum Gasteiger partial charge on any atom is -0.497 e. The highest BCUT2D eigenvalue weighted by Gasteiger charge is 2.32. The third kappa shape index (κ3) is 4.78. The zero-order valence-electron chi connectivity index (χ0n) is 18.8. The molecule has 4 rings (SSSR count). The fourth-order valence-corrected chi connectivity index (χ4v) is 4.02. The van der Waals surface area contributed by atoms with Gasteiger partial charge in [-0.05, 0) is 38.1 Å². The maximum absolute atomic E-state index is 13.4. The second-order valence-electron chi connectivity index (χ2n) is 8.88. The number of halogens is 2. The molecule has 0 amide bonds. The molecule has 2 aromatic rings. The van der Waals surface area contributed by atoms with Crippen LogP contribution in [0.5, 0.6) is 17.2 Å². The summed E-state index contributed by atoms with van der Waals surface area (Å²) in [6, 6.07) is 9.58. The third-order valence-electron chi connectivity index (χ3n) is 5.98. The Hall–Kier alpha value is -3.20. The van der Waals surface area contributed by atoms with Gasteiger partial charge in [0.2, 0.25) is 0 Å². The molecule has 2 aliphatic heterocycles. The van der Waals surface area contributed by atoms with Gasteiger partial charge in [-0.1, -0.05) is 6.07 Å². The molecule has 0 bridgehead atoms. The fourth-order valence-electron chi connectivity index (χ4n) is 4.02. The Morgan fingerprint density at radius 1 is 1.15 bits per heavy atom. The van der Waals surface area contributed by atoms with E-state index in [0.29, 0.717) is 67.1 Å². The van der Waals surface area contributed by atoms with E-state index in [4.69, 9.17) is 14.5 Å². The molecule has 0 aliphatic carbocycles. The molecule has 0 spiro atoms. The highest BCUT2D eigenvalue weighted by molar-refractivity contribution is 6.04. The molecule has 9 heteroatoms. The molecule has 0 saturated carbocycles. The molecule has 2 aromatic carbocycles. The second kappa shape index (κ2) is 8.97. The van der Waals surface area contributed by atoms with E-state index in [1.165, 1.54) is 12.1 Å². The first-order valence-electron chi connectivity index (χ1n) is 10.8. The lowest BCUT2D eigenvalue weighted by Crippen LogP contribution is -2.52. The summed E-state index contributed by atoms with van der Waals surface area (Å²) in [6.07, 6.45) is -2.61. The third-order valence-corrected chi connectivity index (χ3v) is 5.98. The highest BCUT2D eigenvalue weighted by Crippen LogP contribution is 2.41. The van der Waals surface area contributed by atoms with Gasteiger partial charge in [0.1, 0.15) is 23.0 Å². The van der Waals surface area contributed by atoms with E-state index in [0.717, 1.165) is 0 Å². The zero-order chi connectivity index (χ0) is 23.8. The normalized spacial score (nSPS) is 16.4. The first-order chi connectivity index (χ1) is 15.7. The van der Waals surface area contributed by atoms with Crippen molar-refractivity contribution in [1.29, 1.82) is 0 Å². The second-order valence-corrected chi connectivity index (χ2v) is 8.88. The average Bonchev–Trinajstić information content (AvgIpc) is 2.94. The lowest BCUT2D eigenvalue weighted by Gasteiger charge is -2.39. The number of carboxylic acid groups (broad SMARTS) is 1. The topological polar surface area (TPSA) is 74.6 Å². The van der Waals surface area contributed by atoms with Gasteiger partial charge in [-0.15, -0.1) is 0 Å². The Kier molecular flexibility index (Phi) is 6.25. The molecule has 2 aliphatic rings. The smallest absolute Gasteiger partial charge is 0.310 e. The molecule has 7 nitrogen and oxygen atoms in total. The molecule has 0 aromatic heterocycles. The monoisotopic (exact) mass is 459 g/mol. The number of benzene rings is 2. The first kappa shape index (κ1) is 23.0. The summed E-state index contributed by atoms with van der Waals surface area (Å²) in [5, 5.41) is 9.43. The summed E-state index contributed by atoms with van der Waals surface area (Å²) >= 11 is 0. The Labute approximate surface area is 191 Å². The lowest BCUT2D eigenvalue weighted by atomic mass is 9.93. The van der Waals surface area contributed by atoms with Crippen molar-refractivity contribution in [3.8, 4) is 17.2 Å². The molecule has 1 N–H and O–H groups in total. The molecule has 176 valence electrons. The van der Waals surface area contributed by atoms with E-state index in [1.54, 1.807) is 45.2 Å². The van der Waals surface area contributed by atoms with E-state index in [1.807, 2.05) is 0 Å². The lowest BCUT2D eigenvalue weighted by molar-refractivity contribution is -0.148. The van der Waals surface area contributed by atoms with Gasteiger partial charge in [-0.3, -0.25) is 9.69 Å². The number of aliphatic imine (C=N–C) groups is 1. The molecule has 0 unspecified atom stereocenters. The van der Waals surface area contributed by atoms with Crippen LogP contribution in [0.1, 0.15) is 31.4 Å². The summed E-state index contributed by atoms with van der Waals surface area (Å²) in [6.45, 7) is 6.43. The van der Waals surface area contributed by atoms with Crippen LogP contribution in [-0.2, 0) is 4.79 Å². The van der Waals surface area contributed by atoms with Crippen LogP contribution in [0.25, 0.3) is 0 Å². The number of amidine groups is 1. The number of methoxy groups -OCH3 is 1. The van der Waals surface area contributed by atoms with Gasteiger partial charge in [0.25, 0.3) is 6.43 Å². The van der Waals surface area contributed by atoms with Gasteiger partial charge in [-0.25, -0.2) is 13.8 Å². The van der Waals surface area contributed by atoms with Gasteiger partial charge < -0.3 is 19.5 Å². The van der Waals surface area contributed by atoms with Crippen LogP contribution < -0.4 is 9.47 Å². The van der Waals surface area contributed by atoms with Crippen molar-refractivity contribution in [3.63, 3.8) is 0 Å². The SMILES string of the molecule is COc1ccc2c(c1)N=C(N1CCN(CC(C)(C)C(=O)O)CC1)c1ccc(C(F)F)cc1O2. The number of ether oxygens (including phenoxy) is 2. The number of aliphatic carboxylic acids is 1. The number of carbonyl (C=O) groups is 1. The van der Waals surface area contributed by atoms with Crippen molar-refractivity contribution in [2.75, 3.05) is 39.8 Å². The van der Waals surface area contributed by atoms with Crippen molar-refractivity contribution >= 4 is 17.5 Å². The van der Waals surface area contributed by atoms with Crippen LogP contribution in [0.4, 0.5) is 14.5 Å². The summed E-state index contributed by atoms with van der Waals surface area (Å²) in [4.78, 5) is 20.6. The number of nitrogens with zero attached hydrogens (tertiary/aromatic N) is 3. The number of piperazine rings is 1. The highest BCUT2D eigenvalue weighted by atomic mass is 19.3. The fraction of sp³-hybridized carbons (Fsp3) is 0.417. The predicted molar refractivity (Wildman–Crippen MR) is 120 cm³/mol. The van der Waals surface area contributed by atoms with Gasteiger partial charge in [-0.2, -0.15) is 0 Å².